The number of ether oxygens (including phenoxy) is 1. The maximum atomic E-state index is 14.8. The number of benzene rings is 1. The third kappa shape index (κ3) is 4.13. The molecule has 11 heteroatoms. The number of hydrogen-bond donors (Lipinski definition) is 1. The van der Waals surface area contributed by atoms with Crippen LogP contribution in [0.1, 0.15) is 25.8 Å². The van der Waals surface area contributed by atoms with Gasteiger partial charge in [-0.1, -0.05) is 0 Å². The van der Waals surface area contributed by atoms with Crippen LogP contribution in [-0.4, -0.2) is 64.5 Å². The van der Waals surface area contributed by atoms with Crippen molar-refractivity contribution in [1.29, 1.82) is 0 Å². The van der Waals surface area contributed by atoms with Crippen molar-refractivity contribution in [2.75, 3.05) is 36.0 Å². The summed E-state index contributed by atoms with van der Waals surface area (Å²) in [5, 5.41) is 13.9. The highest BCUT2D eigenvalue weighted by atomic mass is 19.1. The number of cyclic esters (lactones) is 1. The molecule has 0 aliphatic carbocycles. The number of halogens is 1. The molecule has 10 nitrogen and oxygen atoms in total. The lowest BCUT2D eigenvalue weighted by molar-refractivity contribution is -0.119. The minimum atomic E-state index is -0.547. The highest BCUT2D eigenvalue weighted by Crippen LogP contribution is 2.31. The fraction of sp³-hybridized carbons (Fsp3) is 0.500. The summed E-state index contributed by atoms with van der Waals surface area (Å²) in [6.45, 7) is 3.26. The van der Waals surface area contributed by atoms with Crippen molar-refractivity contribution >= 4 is 23.4 Å². The van der Waals surface area contributed by atoms with E-state index in [1.807, 2.05) is 4.90 Å². The van der Waals surface area contributed by atoms with E-state index in [9.17, 15) is 14.0 Å². The molecule has 154 valence electrons. The molecule has 1 aromatic carbocycles. The number of nitrogens with one attached hydrogen (secondary N) is 1. The van der Waals surface area contributed by atoms with Crippen LogP contribution in [0.5, 0.6) is 0 Å². The highest BCUT2D eigenvalue weighted by molar-refractivity contribution is 5.90. The molecule has 29 heavy (non-hydrogen) atoms. The lowest BCUT2D eigenvalue weighted by Crippen LogP contribution is -2.35. The Morgan fingerprint density at radius 1 is 1.34 bits per heavy atom. The minimum Gasteiger partial charge on any atom is -0.442 e. The van der Waals surface area contributed by atoms with Crippen LogP contribution >= 0.6 is 0 Å². The average Bonchev–Trinajstić information content (AvgIpc) is 3.36. The Morgan fingerprint density at radius 2 is 2.14 bits per heavy atom. The number of hydrogen-bond acceptors (Lipinski definition) is 7. The number of nitrogens with zero attached hydrogens (tertiary/aromatic N) is 6. The Morgan fingerprint density at radius 3 is 2.79 bits per heavy atom. The first-order chi connectivity index (χ1) is 14.0. The zero-order chi connectivity index (χ0) is 20.4. The molecule has 0 bridgehead atoms. The van der Waals surface area contributed by atoms with Gasteiger partial charge in [0.25, 0.3) is 0 Å². The van der Waals surface area contributed by atoms with Crippen molar-refractivity contribution in [3.05, 3.63) is 30.3 Å². The molecule has 2 saturated heterocycles. The van der Waals surface area contributed by atoms with Crippen LogP contribution in [-0.2, 0) is 9.53 Å². The summed E-state index contributed by atoms with van der Waals surface area (Å²) in [7, 11) is 0. The van der Waals surface area contributed by atoms with E-state index >= 15 is 0 Å². The molecular formula is C18H22FN7O3. The van der Waals surface area contributed by atoms with Gasteiger partial charge in [0.1, 0.15) is 18.2 Å². The van der Waals surface area contributed by atoms with Gasteiger partial charge in [0, 0.05) is 20.0 Å². The van der Waals surface area contributed by atoms with E-state index in [2.05, 4.69) is 20.8 Å². The molecule has 0 unspecified atom stereocenters. The molecule has 4 rings (SSSR count). The summed E-state index contributed by atoms with van der Waals surface area (Å²) in [4.78, 5) is 26.5. The van der Waals surface area contributed by atoms with Crippen molar-refractivity contribution in [3.63, 3.8) is 0 Å². The number of anilines is 2. The van der Waals surface area contributed by atoms with E-state index < -0.39 is 12.2 Å². The molecule has 2 aliphatic heterocycles. The van der Waals surface area contributed by atoms with Crippen LogP contribution in [0.15, 0.2) is 24.5 Å². The maximum Gasteiger partial charge on any atom is 0.414 e. The SMILES string of the molecule is CC(=O)NC[C@H]1CN(c2ccc(N3CCC(n4cnnn4)CC3)c(F)c2)C(=O)O1. The summed E-state index contributed by atoms with van der Waals surface area (Å²) in [6, 6.07) is 4.97. The number of carbonyl (C=O) groups excluding carboxylic acids is 2. The molecule has 2 fully saturated rings. The van der Waals surface area contributed by atoms with E-state index in [0.29, 0.717) is 24.5 Å². The Bertz CT molecular complexity index is 884. The predicted molar refractivity (Wildman–Crippen MR) is 101 cm³/mol. The van der Waals surface area contributed by atoms with Gasteiger partial charge >= 0.3 is 6.09 Å². The average molecular weight is 403 g/mol. The van der Waals surface area contributed by atoms with Crippen LogP contribution in [0.4, 0.5) is 20.6 Å². The monoisotopic (exact) mass is 403 g/mol. The second kappa shape index (κ2) is 8.02. The van der Waals surface area contributed by atoms with Gasteiger partial charge in [-0.25, -0.2) is 13.9 Å². The van der Waals surface area contributed by atoms with E-state index in [0.717, 1.165) is 12.8 Å². The van der Waals surface area contributed by atoms with Crippen LogP contribution in [0.25, 0.3) is 0 Å². The first-order valence-corrected chi connectivity index (χ1v) is 9.51. The highest BCUT2D eigenvalue weighted by Gasteiger charge is 2.33. The molecule has 0 saturated carbocycles. The summed E-state index contributed by atoms with van der Waals surface area (Å²) in [6.07, 6.45) is 2.23. The summed E-state index contributed by atoms with van der Waals surface area (Å²) >= 11 is 0. The maximum absolute atomic E-state index is 14.8. The Labute approximate surface area is 166 Å². The molecule has 1 aromatic heterocycles. The largest absolute Gasteiger partial charge is 0.442 e. The van der Waals surface area contributed by atoms with E-state index in [-0.39, 0.29) is 30.9 Å². The predicted octanol–water partition coefficient (Wildman–Crippen LogP) is 1.11. The van der Waals surface area contributed by atoms with Crippen molar-refractivity contribution in [2.45, 2.75) is 31.9 Å². The van der Waals surface area contributed by atoms with Gasteiger partial charge in [0.15, 0.2) is 0 Å². The fourth-order valence-electron chi connectivity index (χ4n) is 3.72. The molecule has 0 radical (unpaired) electrons. The number of rotatable bonds is 5. The van der Waals surface area contributed by atoms with Gasteiger partial charge < -0.3 is 15.0 Å². The second-order valence-electron chi connectivity index (χ2n) is 7.20. The Balaban J connectivity index is 1.39. The van der Waals surface area contributed by atoms with Gasteiger partial charge in [-0.3, -0.25) is 9.69 Å². The number of tetrazole rings is 1. The Hall–Kier alpha value is -3.24. The van der Waals surface area contributed by atoms with Crippen LogP contribution < -0.4 is 15.1 Å². The molecule has 1 N–H and O–H groups in total. The molecule has 2 aromatic rings. The standard InChI is InChI=1S/C18H22FN7O3/c1-12(27)20-9-15-10-25(18(28)29-15)14-2-3-17(16(19)8-14)24-6-4-13(5-7-24)26-11-21-22-23-26/h2-3,8,11,13,15H,4-7,9-10H2,1H3,(H,20,27)/t15-/m0/s1. The molecule has 2 amide bonds. The topological polar surface area (TPSA) is 105 Å². The van der Waals surface area contributed by atoms with E-state index in [1.165, 1.54) is 17.9 Å². The third-order valence-electron chi connectivity index (χ3n) is 5.24. The van der Waals surface area contributed by atoms with Crippen molar-refractivity contribution < 1.29 is 18.7 Å². The summed E-state index contributed by atoms with van der Waals surface area (Å²) in [5.41, 5.74) is 0.941. The van der Waals surface area contributed by atoms with Gasteiger partial charge in [-0.15, -0.1) is 5.10 Å². The van der Waals surface area contributed by atoms with E-state index in [1.54, 1.807) is 23.1 Å². The van der Waals surface area contributed by atoms with E-state index in [4.69, 9.17) is 4.74 Å². The van der Waals surface area contributed by atoms with Crippen molar-refractivity contribution in [3.8, 4) is 0 Å². The summed E-state index contributed by atoms with van der Waals surface area (Å²) < 4.78 is 21.8. The lowest BCUT2D eigenvalue weighted by Gasteiger charge is -2.33. The van der Waals surface area contributed by atoms with Crippen LogP contribution in [0.3, 0.4) is 0 Å². The summed E-state index contributed by atoms with van der Waals surface area (Å²) in [5.74, 6) is -0.583. The quantitative estimate of drug-likeness (QED) is 0.797. The lowest BCUT2D eigenvalue weighted by atomic mass is 10.0. The molecule has 1 atom stereocenters. The fourth-order valence-corrected chi connectivity index (χ4v) is 3.72. The molecule has 3 heterocycles. The van der Waals surface area contributed by atoms with Crippen LogP contribution in [0, 0.1) is 5.82 Å². The van der Waals surface area contributed by atoms with Crippen LogP contribution in [0.2, 0.25) is 0 Å². The first kappa shape index (κ1) is 19.1. The second-order valence-corrected chi connectivity index (χ2v) is 7.20. The smallest absolute Gasteiger partial charge is 0.414 e. The number of piperidine rings is 1. The van der Waals surface area contributed by atoms with Crippen molar-refractivity contribution in [1.82, 2.24) is 25.5 Å². The van der Waals surface area contributed by atoms with Gasteiger partial charge in [0.2, 0.25) is 5.91 Å². The number of aromatic nitrogens is 4. The molecular weight excluding hydrogens is 381 g/mol. The van der Waals surface area contributed by atoms with Crippen molar-refractivity contribution in [2.24, 2.45) is 0 Å². The minimum absolute atomic E-state index is 0.196. The van der Waals surface area contributed by atoms with Gasteiger partial charge in [0.05, 0.1) is 30.5 Å². The number of carbonyl (C=O) groups is 2. The van der Waals surface area contributed by atoms with Gasteiger partial charge in [-0.2, -0.15) is 0 Å². The third-order valence-corrected chi connectivity index (χ3v) is 5.24. The zero-order valence-electron chi connectivity index (χ0n) is 16.0. The first-order valence-electron chi connectivity index (χ1n) is 9.51. The number of amides is 2. The zero-order valence-corrected chi connectivity index (χ0v) is 16.0. The van der Waals surface area contributed by atoms with Gasteiger partial charge in [-0.05, 0) is 41.5 Å². The Kier molecular flexibility index (Phi) is 5.28. The molecule has 0 spiro atoms. The molecule has 2 aliphatic rings. The normalized spacial score (nSPS) is 20.1.